The maximum Gasteiger partial charge on any atom is 0.364 e. The number of aliphatic hydroxyl groups excluding tert-OH is 11. The van der Waals surface area contributed by atoms with Crippen LogP contribution in [-0.4, -0.2) is 215 Å². The molecule has 0 aromatic heterocycles. The Morgan fingerprint density at radius 1 is 0.680 bits per heavy atom. The standard InChI is InChI=1S/C52H94N2O21/c1-4-6-8-10-12-14-16-18-20-22-24-26-39(62)54-33(34(59)25-23-21-19-17-15-13-11-9-7-5-2)31-70-49-44(66)43(65)46(38(30-57)72-49)73-50-45(67)48(42(64)37(29-56)71-50)75-52(51(68)69)27-35(60)40(53-32(3)58)47(74-52)41(63)36(61)28-55/h10,12,33-38,40-50,55-57,59-61,63-67H,4-9,11,13-31H2,1-3H3,(H,53,58)(H,54,62)(H,68,69)/b12-10-. The molecule has 3 saturated heterocycles. The molecule has 3 aliphatic rings. The molecule has 23 heteroatoms. The normalized spacial score (nSPS) is 31.9. The van der Waals surface area contributed by atoms with Crippen molar-refractivity contribution in [3.63, 3.8) is 0 Å². The number of allylic oxidation sites excluding steroid dienone is 2. The van der Waals surface area contributed by atoms with E-state index in [1.54, 1.807) is 0 Å². The number of carboxylic acids is 1. The first-order valence-corrected chi connectivity index (χ1v) is 27.5. The van der Waals surface area contributed by atoms with Gasteiger partial charge in [-0.1, -0.05) is 122 Å². The van der Waals surface area contributed by atoms with E-state index < -0.39 is 148 Å². The molecule has 438 valence electrons. The van der Waals surface area contributed by atoms with Crippen LogP contribution in [0, 0.1) is 0 Å². The van der Waals surface area contributed by atoms with Crippen LogP contribution in [0.5, 0.6) is 0 Å². The number of hydrogen-bond donors (Lipinski definition) is 14. The summed E-state index contributed by atoms with van der Waals surface area (Å²) >= 11 is 0. The van der Waals surface area contributed by atoms with E-state index in [0.717, 1.165) is 71.1 Å². The summed E-state index contributed by atoms with van der Waals surface area (Å²) < 4.78 is 34.6. The van der Waals surface area contributed by atoms with Gasteiger partial charge in [0.15, 0.2) is 12.6 Å². The van der Waals surface area contributed by atoms with Gasteiger partial charge >= 0.3 is 5.97 Å². The van der Waals surface area contributed by atoms with Crippen LogP contribution in [0.4, 0.5) is 0 Å². The Bertz CT molecular complexity index is 1620. The smallest absolute Gasteiger partial charge is 0.364 e. The number of amides is 2. The highest BCUT2D eigenvalue weighted by Crippen LogP contribution is 2.38. The third kappa shape index (κ3) is 21.6. The van der Waals surface area contributed by atoms with Crippen LogP contribution in [-0.2, 0) is 42.8 Å². The van der Waals surface area contributed by atoms with Crippen LogP contribution >= 0.6 is 0 Å². The zero-order valence-corrected chi connectivity index (χ0v) is 44.4. The first-order chi connectivity index (χ1) is 35.9. The van der Waals surface area contributed by atoms with E-state index in [-0.39, 0.29) is 18.9 Å². The van der Waals surface area contributed by atoms with E-state index in [9.17, 15) is 75.7 Å². The molecule has 2 amide bonds. The Morgan fingerprint density at radius 3 is 1.84 bits per heavy atom. The minimum Gasteiger partial charge on any atom is -0.477 e. The van der Waals surface area contributed by atoms with Gasteiger partial charge in [0.05, 0.1) is 50.7 Å². The molecule has 0 aromatic rings. The summed E-state index contributed by atoms with van der Waals surface area (Å²) in [6, 6.07) is -2.53. The molecule has 0 saturated carbocycles. The number of aliphatic carboxylic acids is 1. The van der Waals surface area contributed by atoms with Crippen LogP contribution in [0.2, 0.25) is 0 Å². The number of aliphatic hydroxyl groups is 11. The van der Waals surface area contributed by atoms with Crippen molar-refractivity contribution in [3.05, 3.63) is 12.2 Å². The number of hydrogen-bond acceptors (Lipinski definition) is 20. The minimum absolute atomic E-state index is 0.212. The number of carbonyl (C=O) groups is 3. The molecule has 0 radical (unpaired) electrons. The zero-order chi connectivity index (χ0) is 55.5. The summed E-state index contributed by atoms with van der Waals surface area (Å²) in [6.07, 6.45) is -4.29. The molecule has 18 atom stereocenters. The van der Waals surface area contributed by atoms with E-state index in [1.165, 1.54) is 44.9 Å². The molecule has 14 N–H and O–H groups in total. The predicted molar refractivity (Wildman–Crippen MR) is 269 cm³/mol. The predicted octanol–water partition coefficient (Wildman–Crippen LogP) is 0.435. The second-order valence-electron chi connectivity index (χ2n) is 20.4. The summed E-state index contributed by atoms with van der Waals surface area (Å²) in [4.78, 5) is 38.2. The number of carboxylic acid groups (broad SMARTS) is 1. The van der Waals surface area contributed by atoms with Gasteiger partial charge in [-0.05, 0) is 32.1 Å². The van der Waals surface area contributed by atoms with Crippen molar-refractivity contribution < 1.29 is 104 Å². The van der Waals surface area contributed by atoms with E-state index in [4.69, 9.17) is 28.4 Å². The van der Waals surface area contributed by atoms with Crippen molar-refractivity contribution in [2.75, 3.05) is 26.4 Å². The Labute approximate surface area is 441 Å². The molecule has 3 heterocycles. The van der Waals surface area contributed by atoms with Gasteiger partial charge in [0.25, 0.3) is 5.79 Å². The Hall–Kier alpha value is -2.53. The first-order valence-electron chi connectivity index (χ1n) is 27.5. The number of rotatable bonds is 38. The lowest BCUT2D eigenvalue weighted by molar-refractivity contribution is -0.386. The monoisotopic (exact) mass is 1080 g/mol. The summed E-state index contributed by atoms with van der Waals surface area (Å²) in [5, 5.41) is 135. The third-order valence-electron chi connectivity index (χ3n) is 14.2. The van der Waals surface area contributed by atoms with Gasteiger partial charge in [-0.2, -0.15) is 0 Å². The van der Waals surface area contributed by atoms with E-state index >= 15 is 0 Å². The van der Waals surface area contributed by atoms with E-state index in [2.05, 4.69) is 36.6 Å². The average Bonchev–Trinajstić information content (AvgIpc) is 3.38. The van der Waals surface area contributed by atoms with Crippen molar-refractivity contribution in [2.24, 2.45) is 0 Å². The molecule has 0 spiro atoms. The minimum atomic E-state index is -3.07. The molecule has 23 nitrogen and oxygen atoms in total. The Balaban J connectivity index is 1.71. The van der Waals surface area contributed by atoms with E-state index in [0.29, 0.717) is 19.3 Å². The van der Waals surface area contributed by atoms with Gasteiger partial charge in [0.1, 0.15) is 67.1 Å². The molecule has 75 heavy (non-hydrogen) atoms. The van der Waals surface area contributed by atoms with Crippen molar-refractivity contribution in [2.45, 2.75) is 272 Å². The van der Waals surface area contributed by atoms with E-state index in [1.807, 2.05) is 0 Å². The van der Waals surface area contributed by atoms with Gasteiger partial charge in [0.2, 0.25) is 11.8 Å². The van der Waals surface area contributed by atoms with Gasteiger partial charge in [0, 0.05) is 19.8 Å². The molecule has 3 fully saturated rings. The maximum absolute atomic E-state index is 13.3. The molecule has 0 aliphatic carbocycles. The van der Waals surface area contributed by atoms with Crippen LogP contribution < -0.4 is 10.6 Å². The average molecular weight is 1080 g/mol. The Morgan fingerprint density at radius 2 is 1.25 bits per heavy atom. The molecule has 3 rings (SSSR count). The molecule has 3 aliphatic heterocycles. The third-order valence-corrected chi connectivity index (χ3v) is 14.2. The van der Waals surface area contributed by atoms with Crippen molar-refractivity contribution in [1.82, 2.24) is 10.6 Å². The number of ether oxygens (including phenoxy) is 6. The number of carbonyl (C=O) groups excluding carboxylic acids is 2. The van der Waals surface area contributed by atoms with Gasteiger partial charge in [-0.15, -0.1) is 0 Å². The fourth-order valence-corrected chi connectivity index (χ4v) is 9.69. The summed E-state index contributed by atoms with van der Waals surface area (Å²) in [7, 11) is 0. The van der Waals surface area contributed by atoms with Gasteiger partial charge in [-0.3, -0.25) is 9.59 Å². The van der Waals surface area contributed by atoms with Crippen molar-refractivity contribution in [3.8, 4) is 0 Å². The van der Waals surface area contributed by atoms with Crippen LogP contribution in [0.25, 0.3) is 0 Å². The second-order valence-corrected chi connectivity index (χ2v) is 20.4. The summed E-state index contributed by atoms with van der Waals surface area (Å²) in [5.41, 5.74) is 0. The lowest BCUT2D eigenvalue weighted by atomic mass is 9.88. The Kier molecular flexibility index (Phi) is 31.9. The van der Waals surface area contributed by atoms with Gasteiger partial charge < -0.3 is 100 Å². The topological polar surface area (TPSA) is 373 Å². The molecular weight excluding hydrogens is 989 g/mol. The zero-order valence-electron chi connectivity index (χ0n) is 44.4. The molecule has 0 bridgehead atoms. The fourth-order valence-electron chi connectivity index (χ4n) is 9.69. The lowest BCUT2D eigenvalue weighted by Gasteiger charge is -2.50. The lowest BCUT2D eigenvalue weighted by Crippen LogP contribution is -2.70. The number of unbranched alkanes of at least 4 members (excludes halogenated alkanes) is 16. The quantitative estimate of drug-likeness (QED) is 0.0295. The molecule has 0 aromatic carbocycles. The molecule has 18 unspecified atom stereocenters. The SMILES string of the molecule is CCCC/C=C\CCCCCCCC(=O)NC(COC1OC(CO)C(OC2OC(CO)C(O)C(OC3(C(=O)O)CC(O)C(NC(C)=O)C(C(O)C(O)CO)O3)C2O)C(O)C1O)C(O)CCCCCCCCCCCC. The fraction of sp³-hybridized carbons (Fsp3) is 0.904. The second kappa shape index (κ2) is 35.9. The van der Waals surface area contributed by atoms with Crippen LogP contribution in [0.1, 0.15) is 162 Å². The summed E-state index contributed by atoms with van der Waals surface area (Å²) in [6.45, 7) is 2.06. The van der Waals surface area contributed by atoms with Gasteiger partial charge in [-0.25, -0.2) is 4.79 Å². The number of nitrogens with one attached hydrogen (secondary N) is 2. The maximum atomic E-state index is 13.3. The highest BCUT2D eigenvalue weighted by molar-refractivity contribution is 5.77. The van der Waals surface area contributed by atoms with Crippen molar-refractivity contribution >= 4 is 17.8 Å². The highest BCUT2D eigenvalue weighted by Gasteiger charge is 2.60. The molecular formula is C52H94N2O21. The van der Waals surface area contributed by atoms with Crippen molar-refractivity contribution in [1.29, 1.82) is 0 Å². The summed E-state index contributed by atoms with van der Waals surface area (Å²) in [5.74, 6) is -6.12. The first kappa shape index (κ1) is 66.7. The highest BCUT2D eigenvalue weighted by atomic mass is 16.8. The van der Waals surface area contributed by atoms with Crippen LogP contribution in [0.15, 0.2) is 12.2 Å². The largest absolute Gasteiger partial charge is 0.477 e. The van der Waals surface area contributed by atoms with Crippen LogP contribution in [0.3, 0.4) is 0 Å².